The summed E-state index contributed by atoms with van der Waals surface area (Å²) in [5.74, 6) is 0.643. The Morgan fingerprint density at radius 2 is 1.93 bits per heavy atom. The van der Waals surface area contributed by atoms with Crippen molar-refractivity contribution in [3.8, 4) is 10.6 Å². The van der Waals surface area contributed by atoms with Crippen LogP contribution in [0.25, 0.3) is 10.6 Å². The molecule has 3 heterocycles. The number of hydrogen-bond acceptors (Lipinski definition) is 9. The molecule has 10 heteroatoms. The summed E-state index contributed by atoms with van der Waals surface area (Å²) < 4.78 is 0. The molecule has 0 atom stereocenters. The molecule has 152 valence electrons. The lowest BCUT2D eigenvalue weighted by atomic mass is 10.3. The summed E-state index contributed by atoms with van der Waals surface area (Å²) in [6.07, 6.45) is 5.22. The Hall–Kier alpha value is -2.59. The predicted molar refractivity (Wildman–Crippen MR) is 122 cm³/mol. The topological polar surface area (TPSA) is 88.5 Å². The minimum atomic E-state index is 0.643. The van der Waals surface area contributed by atoms with E-state index >= 15 is 0 Å². The average Bonchev–Trinajstić information content (AvgIpc) is 3.20. The maximum Gasteiger partial charge on any atom is 0.193 e. The fourth-order valence-electron chi connectivity index (χ4n) is 2.59. The molecule has 3 aromatic heterocycles. The van der Waals surface area contributed by atoms with E-state index in [1.54, 1.807) is 18.6 Å². The molecule has 2 N–H and O–H groups in total. The first-order valence-corrected chi connectivity index (χ1v) is 11.1. The van der Waals surface area contributed by atoms with Gasteiger partial charge in [0, 0.05) is 23.3 Å². The van der Waals surface area contributed by atoms with E-state index in [-0.39, 0.29) is 0 Å². The van der Waals surface area contributed by atoms with Crippen LogP contribution in [0.15, 0.2) is 59.0 Å². The number of aromatic nitrogens is 5. The zero-order valence-electron chi connectivity index (χ0n) is 16.3. The molecular formula is C20H18ClN7S2. The van der Waals surface area contributed by atoms with Gasteiger partial charge in [-0.2, -0.15) is 0 Å². The third kappa shape index (κ3) is 5.11. The van der Waals surface area contributed by atoms with Crippen molar-refractivity contribution in [3.63, 3.8) is 0 Å². The molecule has 0 aliphatic rings. The SMILES string of the molecule is CNCc1cnc(Nc2ncc(-c3cc(C)nc(Sc4ccccc4Cl)n3)s2)cn1. The number of nitrogens with one attached hydrogen (secondary N) is 2. The fourth-order valence-corrected chi connectivity index (χ4v) is 4.47. The van der Waals surface area contributed by atoms with Gasteiger partial charge in [0.1, 0.15) is 0 Å². The Bertz CT molecular complexity index is 1150. The van der Waals surface area contributed by atoms with E-state index in [0.29, 0.717) is 22.5 Å². The minimum absolute atomic E-state index is 0.643. The lowest BCUT2D eigenvalue weighted by Gasteiger charge is -2.05. The number of halogens is 1. The summed E-state index contributed by atoms with van der Waals surface area (Å²) in [6.45, 7) is 2.63. The van der Waals surface area contributed by atoms with Gasteiger partial charge in [-0.3, -0.25) is 4.98 Å². The zero-order chi connectivity index (χ0) is 20.9. The second kappa shape index (κ2) is 9.48. The molecule has 0 spiro atoms. The van der Waals surface area contributed by atoms with Crippen molar-refractivity contribution in [1.82, 2.24) is 30.2 Å². The highest BCUT2D eigenvalue weighted by Crippen LogP contribution is 2.34. The molecule has 7 nitrogen and oxygen atoms in total. The van der Waals surface area contributed by atoms with Gasteiger partial charge in [-0.25, -0.2) is 19.9 Å². The monoisotopic (exact) mass is 455 g/mol. The summed E-state index contributed by atoms with van der Waals surface area (Å²) in [4.78, 5) is 24.2. The van der Waals surface area contributed by atoms with Crippen LogP contribution < -0.4 is 10.6 Å². The normalized spacial score (nSPS) is 10.9. The molecule has 1 aromatic carbocycles. The Kier molecular flexibility index (Phi) is 6.53. The summed E-state index contributed by atoms with van der Waals surface area (Å²) in [7, 11) is 1.87. The van der Waals surface area contributed by atoms with E-state index in [4.69, 9.17) is 16.6 Å². The number of thiazole rings is 1. The molecule has 0 aliphatic carbocycles. The van der Waals surface area contributed by atoms with Crippen LogP contribution in [0, 0.1) is 6.92 Å². The highest BCUT2D eigenvalue weighted by Gasteiger charge is 2.12. The van der Waals surface area contributed by atoms with Crippen molar-refractivity contribution in [2.75, 3.05) is 12.4 Å². The van der Waals surface area contributed by atoms with Crippen molar-refractivity contribution in [2.45, 2.75) is 23.5 Å². The smallest absolute Gasteiger partial charge is 0.193 e. The third-order valence-electron chi connectivity index (χ3n) is 3.93. The standard InChI is InChI=1S/C20H18ClN7S2/c1-12-7-15(27-20(26-12)29-16-6-4-3-5-14(16)21)17-10-25-19(30-17)28-18-11-23-13(8-22-2)9-24-18/h3-7,9-11,22H,8H2,1-2H3,(H,24,25,28). The maximum atomic E-state index is 6.27. The van der Waals surface area contributed by atoms with Crippen molar-refractivity contribution in [3.05, 3.63) is 65.3 Å². The zero-order valence-corrected chi connectivity index (χ0v) is 18.6. The van der Waals surface area contributed by atoms with Crippen LogP contribution >= 0.6 is 34.7 Å². The van der Waals surface area contributed by atoms with E-state index < -0.39 is 0 Å². The van der Waals surface area contributed by atoms with Gasteiger partial charge in [0.2, 0.25) is 0 Å². The summed E-state index contributed by atoms with van der Waals surface area (Å²) >= 11 is 9.21. The number of aryl methyl sites for hydroxylation is 1. The first kappa shape index (κ1) is 20.7. The van der Waals surface area contributed by atoms with Crippen LogP contribution in [0.2, 0.25) is 5.02 Å². The lowest BCUT2D eigenvalue weighted by Crippen LogP contribution is -2.07. The van der Waals surface area contributed by atoms with Gasteiger partial charge in [-0.05, 0) is 43.9 Å². The lowest BCUT2D eigenvalue weighted by molar-refractivity contribution is 0.785. The number of nitrogens with zero attached hydrogens (tertiary/aromatic N) is 5. The maximum absolute atomic E-state index is 6.27. The van der Waals surface area contributed by atoms with Crippen molar-refractivity contribution in [2.24, 2.45) is 0 Å². The first-order chi connectivity index (χ1) is 14.6. The molecule has 0 saturated carbocycles. The average molecular weight is 456 g/mol. The van der Waals surface area contributed by atoms with Gasteiger partial charge in [-0.15, -0.1) is 0 Å². The first-order valence-electron chi connectivity index (χ1n) is 9.07. The van der Waals surface area contributed by atoms with E-state index in [1.165, 1.54) is 23.1 Å². The molecule has 0 amide bonds. The van der Waals surface area contributed by atoms with Gasteiger partial charge in [0.25, 0.3) is 0 Å². The third-order valence-corrected chi connectivity index (χ3v) is 6.25. The highest BCUT2D eigenvalue weighted by atomic mass is 35.5. The Morgan fingerprint density at radius 3 is 2.70 bits per heavy atom. The summed E-state index contributed by atoms with van der Waals surface area (Å²) in [6, 6.07) is 9.60. The Labute approximate surface area is 187 Å². The van der Waals surface area contributed by atoms with Crippen molar-refractivity contribution >= 4 is 45.6 Å². The van der Waals surface area contributed by atoms with E-state index in [9.17, 15) is 0 Å². The number of anilines is 2. The van der Waals surface area contributed by atoms with Gasteiger partial charge >= 0.3 is 0 Å². The largest absolute Gasteiger partial charge is 0.315 e. The van der Waals surface area contributed by atoms with Crippen molar-refractivity contribution in [1.29, 1.82) is 0 Å². The molecule has 0 aliphatic heterocycles. The van der Waals surface area contributed by atoms with Crippen LogP contribution in [-0.2, 0) is 6.54 Å². The predicted octanol–water partition coefficient (Wildman–Crippen LogP) is 4.97. The second-order valence-electron chi connectivity index (χ2n) is 6.29. The minimum Gasteiger partial charge on any atom is -0.315 e. The molecular weight excluding hydrogens is 438 g/mol. The van der Waals surface area contributed by atoms with Crippen LogP contribution in [0.4, 0.5) is 10.9 Å². The summed E-state index contributed by atoms with van der Waals surface area (Å²) in [5, 5.41) is 8.28. The van der Waals surface area contributed by atoms with Crippen LogP contribution in [0.1, 0.15) is 11.4 Å². The van der Waals surface area contributed by atoms with E-state index in [2.05, 4.69) is 30.6 Å². The van der Waals surface area contributed by atoms with E-state index in [1.807, 2.05) is 44.3 Å². The molecule has 30 heavy (non-hydrogen) atoms. The molecule has 0 fully saturated rings. The van der Waals surface area contributed by atoms with E-state index in [0.717, 1.165) is 32.0 Å². The van der Waals surface area contributed by atoms with Crippen LogP contribution in [0.3, 0.4) is 0 Å². The number of hydrogen-bond donors (Lipinski definition) is 2. The fraction of sp³-hybridized carbons (Fsp3) is 0.150. The molecule has 0 unspecified atom stereocenters. The van der Waals surface area contributed by atoms with Crippen LogP contribution in [-0.4, -0.2) is 32.0 Å². The second-order valence-corrected chi connectivity index (χ2v) is 8.73. The van der Waals surface area contributed by atoms with Gasteiger partial charge in [0.15, 0.2) is 16.1 Å². The van der Waals surface area contributed by atoms with Gasteiger partial charge in [0.05, 0.1) is 33.7 Å². The quantitative estimate of drug-likeness (QED) is 0.378. The van der Waals surface area contributed by atoms with Crippen LogP contribution in [0.5, 0.6) is 0 Å². The van der Waals surface area contributed by atoms with Gasteiger partial charge < -0.3 is 10.6 Å². The highest BCUT2D eigenvalue weighted by molar-refractivity contribution is 7.99. The Morgan fingerprint density at radius 1 is 1.07 bits per heavy atom. The van der Waals surface area contributed by atoms with Crippen molar-refractivity contribution < 1.29 is 0 Å². The van der Waals surface area contributed by atoms with Gasteiger partial charge in [-0.1, -0.05) is 35.1 Å². The summed E-state index contributed by atoms with van der Waals surface area (Å²) in [5.41, 5.74) is 2.57. The molecule has 4 rings (SSSR count). The Balaban J connectivity index is 1.52. The number of rotatable bonds is 7. The number of benzene rings is 1. The molecule has 0 bridgehead atoms. The molecule has 0 saturated heterocycles. The molecule has 0 radical (unpaired) electrons. The molecule has 4 aromatic rings.